The fraction of sp³-hybridized carbons (Fsp3) is 0.107. The van der Waals surface area contributed by atoms with Gasteiger partial charge in [-0.15, -0.1) is 6.58 Å². The van der Waals surface area contributed by atoms with Crippen molar-refractivity contribution in [2.24, 2.45) is 7.05 Å². The van der Waals surface area contributed by atoms with Gasteiger partial charge < -0.3 is 14.2 Å². The predicted octanol–water partition coefficient (Wildman–Crippen LogP) is 5.37. The number of amides is 1. The zero-order valence-electron chi connectivity index (χ0n) is 19.8. The fourth-order valence-electron chi connectivity index (χ4n) is 4.46. The van der Waals surface area contributed by atoms with Gasteiger partial charge in [-0.25, -0.2) is 0 Å². The summed E-state index contributed by atoms with van der Waals surface area (Å²) < 4.78 is 8.27. The van der Waals surface area contributed by atoms with Gasteiger partial charge in [-0.1, -0.05) is 54.1 Å². The minimum absolute atomic E-state index is 0.152. The Labute approximate surface area is 212 Å². The molecule has 0 saturated heterocycles. The van der Waals surface area contributed by atoms with Crippen LogP contribution in [-0.4, -0.2) is 33.9 Å². The molecule has 5 aromatic rings. The molecule has 0 fully saturated rings. The SMILES string of the molecule is C=CCN(C(=O)c1nn(-c2ccc(OC)c(Cl)c2)c(=O)c2c1c1ccccc1n2C)c1ccccc1. The van der Waals surface area contributed by atoms with Crippen LogP contribution in [0.5, 0.6) is 5.75 Å². The molecule has 1 amide bonds. The summed E-state index contributed by atoms with van der Waals surface area (Å²) in [6.07, 6.45) is 1.66. The van der Waals surface area contributed by atoms with E-state index >= 15 is 0 Å². The molecular weight excluding hydrogens is 476 g/mol. The third-order valence-electron chi connectivity index (χ3n) is 6.15. The molecule has 0 bridgehead atoms. The molecule has 0 aliphatic heterocycles. The minimum atomic E-state index is -0.364. The van der Waals surface area contributed by atoms with Crippen LogP contribution < -0.4 is 15.2 Å². The molecule has 0 spiro atoms. The first-order chi connectivity index (χ1) is 17.5. The van der Waals surface area contributed by atoms with Crippen LogP contribution in [0.3, 0.4) is 0 Å². The van der Waals surface area contributed by atoms with Crippen molar-refractivity contribution in [3.8, 4) is 11.4 Å². The number of aryl methyl sites for hydroxylation is 1. The zero-order chi connectivity index (χ0) is 25.4. The molecule has 0 unspecified atom stereocenters. The molecule has 2 heterocycles. The van der Waals surface area contributed by atoms with Gasteiger partial charge >= 0.3 is 0 Å². The van der Waals surface area contributed by atoms with Crippen molar-refractivity contribution in [3.05, 3.63) is 107 Å². The van der Waals surface area contributed by atoms with Gasteiger partial charge in [0.25, 0.3) is 11.5 Å². The average molecular weight is 499 g/mol. The summed E-state index contributed by atoms with van der Waals surface area (Å²) in [6.45, 7) is 4.09. The Hall–Kier alpha value is -4.36. The molecule has 0 aliphatic carbocycles. The molecule has 3 aromatic carbocycles. The normalized spacial score (nSPS) is 11.1. The second kappa shape index (κ2) is 9.36. The molecule has 180 valence electrons. The van der Waals surface area contributed by atoms with E-state index in [1.807, 2.05) is 61.6 Å². The van der Waals surface area contributed by atoms with E-state index in [0.29, 0.717) is 33.0 Å². The van der Waals surface area contributed by atoms with Crippen molar-refractivity contribution in [2.75, 3.05) is 18.6 Å². The maximum atomic E-state index is 14.1. The van der Waals surface area contributed by atoms with Crippen LogP contribution in [0, 0.1) is 0 Å². The van der Waals surface area contributed by atoms with E-state index in [-0.39, 0.29) is 23.7 Å². The smallest absolute Gasteiger partial charge is 0.296 e. The van der Waals surface area contributed by atoms with Crippen molar-refractivity contribution < 1.29 is 9.53 Å². The van der Waals surface area contributed by atoms with Crippen molar-refractivity contribution in [3.63, 3.8) is 0 Å². The van der Waals surface area contributed by atoms with Crippen LogP contribution in [-0.2, 0) is 7.05 Å². The first-order valence-electron chi connectivity index (χ1n) is 11.3. The third-order valence-corrected chi connectivity index (χ3v) is 6.44. The number of hydrogen-bond donors (Lipinski definition) is 0. The highest BCUT2D eigenvalue weighted by molar-refractivity contribution is 6.32. The Morgan fingerprint density at radius 3 is 2.53 bits per heavy atom. The van der Waals surface area contributed by atoms with Crippen LogP contribution in [0.4, 0.5) is 5.69 Å². The molecule has 0 N–H and O–H groups in total. The van der Waals surface area contributed by atoms with E-state index in [2.05, 4.69) is 11.7 Å². The van der Waals surface area contributed by atoms with E-state index in [9.17, 15) is 9.59 Å². The highest BCUT2D eigenvalue weighted by atomic mass is 35.5. The Morgan fingerprint density at radius 1 is 1.11 bits per heavy atom. The van der Waals surface area contributed by atoms with Gasteiger partial charge in [0, 0.05) is 35.6 Å². The number of carbonyl (C=O) groups excluding carboxylic acids is 1. The lowest BCUT2D eigenvalue weighted by atomic mass is 10.1. The van der Waals surface area contributed by atoms with Crippen molar-refractivity contribution in [1.29, 1.82) is 0 Å². The highest BCUT2D eigenvalue weighted by Gasteiger charge is 2.27. The van der Waals surface area contributed by atoms with Crippen molar-refractivity contribution in [2.45, 2.75) is 0 Å². The van der Waals surface area contributed by atoms with E-state index in [1.165, 1.54) is 11.8 Å². The topological polar surface area (TPSA) is 69.4 Å². The standard InChI is InChI=1S/C28H23ClN4O3/c1-4-16-32(18-10-6-5-7-11-18)27(34)25-24-20-12-8-9-13-22(20)31(2)26(24)28(35)33(30-25)19-14-15-23(36-3)21(29)17-19/h4-15,17H,1,16H2,2-3H3. The Kier molecular flexibility index (Phi) is 6.08. The summed E-state index contributed by atoms with van der Waals surface area (Å²) in [7, 11) is 3.33. The molecule has 2 aromatic heterocycles. The van der Waals surface area contributed by atoms with Crippen LogP contribution >= 0.6 is 11.6 Å². The predicted molar refractivity (Wildman–Crippen MR) is 144 cm³/mol. The van der Waals surface area contributed by atoms with E-state index < -0.39 is 0 Å². The molecule has 0 saturated carbocycles. The van der Waals surface area contributed by atoms with Gasteiger partial charge in [0.05, 0.1) is 17.8 Å². The molecule has 36 heavy (non-hydrogen) atoms. The van der Waals surface area contributed by atoms with Crippen LogP contribution in [0.2, 0.25) is 5.02 Å². The second-order valence-corrected chi connectivity index (χ2v) is 8.63. The number of fused-ring (bicyclic) bond motifs is 3. The summed E-state index contributed by atoms with van der Waals surface area (Å²) in [5.41, 5.74) is 2.09. The zero-order valence-corrected chi connectivity index (χ0v) is 20.6. The summed E-state index contributed by atoms with van der Waals surface area (Å²) in [4.78, 5) is 29.5. The Morgan fingerprint density at radius 2 is 1.83 bits per heavy atom. The van der Waals surface area contributed by atoms with Gasteiger partial charge in [0.1, 0.15) is 11.3 Å². The second-order valence-electron chi connectivity index (χ2n) is 8.22. The number of rotatable bonds is 6. The number of para-hydroxylation sites is 2. The molecule has 0 atom stereocenters. The molecule has 7 nitrogen and oxygen atoms in total. The molecule has 0 radical (unpaired) electrons. The van der Waals surface area contributed by atoms with Crippen molar-refractivity contribution in [1.82, 2.24) is 14.3 Å². The Bertz CT molecular complexity index is 1690. The number of carbonyl (C=O) groups is 1. The largest absolute Gasteiger partial charge is 0.495 e. The van der Waals surface area contributed by atoms with Gasteiger partial charge in [-0.3, -0.25) is 9.59 Å². The number of ether oxygens (including phenoxy) is 1. The quantitative estimate of drug-likeness (QED) is 0.295. The molecule has 0 aliphatic rings. The van der Waals surface area contributed by atoms with E-state index in [0.717, 1.165) is 10.9 Å². The maximum Gasteiger partial charge on any atom is 0.296 e. The lowest BCUT2D eigenvalue weighted by Crippen LogP contribution is -2.34. The number of methoxy groups -OCH3 is 1. The number of aromatic nitrogens is 3. The lowest BCUT2D eigenvalue weighted by molar-refractivity contribution is 0.0985. The Balaban J connectivity index is 1.85. The van der Waals surface area contributed by atoms with Crippen LogP contribution in [0.1, 0.15) is 10.5 Å². The summed E-state index contributed by atoms with van der Waals surface area (Å²) in [6, 6.07) is 21.8. The van der Waals surface area contributed by atoms with Crippen molar-refractivity contribution >= 4 is 45.0 Å². The number of nitrogens with zero attached hydrogens (tertiary/aromatic N) is 4. The minimum Gasteiger partial charge on any atom is -0.495 e. The average Bonchev–Trinajstić information content (AvgIpc) is 3.21. The van der Waals surface area contributed by atoms with E-state index in [4.69, 9.17) is 16.3 Å². The number of halogens is 1. The molecule has 5 rings (SSSR count). The summed E-state index contributed by atoms with van der Waals surface area (Å²) in [5.74, 6) is 0.118. The first-order valence-corrected chi connectivity index (χ1v) is 11.7. The number of benzene rings is 3. The van der Waals surface area contributed by atoms with E-state index in [1.54, 1.807) is 33.7 Å². The van der Waals surface area contributed by atoms with Gasteiger partial charge in [-0.05, 0) is 36.4 Å². The van der Waals surface area contributed by atoms with Gasteiger partial charge in [0.2, 0.25) is 0 Å². The number of anilines is 1. The monoisotopic (exact) mass is 498 g/mol. The summed E-state index contributed by atoms with van der Waals surface area (Å²) in [5, 5.41) is 6.23. The lowest BCUT2D eigenvalue weighted by Gasteiger charge is -2.22. The first kappa shape index (κ1) is 23.4. The summed E-state index contributed by atoms with van der Waals surface area (Å²) >= 11 is 6.36. The molecular formula is C28H23ClN4O3. The maximum absolute atomic E-state index is 14.1. The number of hydrogen-bond acceptors (Lipinski definition) is 4. The fourth-order valence-corrected chi connectivity index (χ4v) is 4.71. The van der Waals surface area contributed by atoms with Gasteiger partial charge in [-0.2, -0.15) is 9.78 Å². The van der Waals surface area contributed by atoms with Gasteiger partial charge in [0.15, 0.2) is 5.69 Å². The van der Waals surface area contributed by atoms with Crippen LogP contribution in [0.25, 0.3) is 27.5 Å². The van der Waals surface area contributed by atoms with Crippen LogP contribution in [0.15, 0.2) is 90.2 Å². The highest BCUT2D eigenvalue weighted by Crippen LogP contribution is 2.31. The molecule has 8 heteroatoms. The third kappa shape index (κ3) is 3.74.